The molecule has 0 amide bonds. The molecule has 0 radical (unpaired) electrons. The first-order chi connectivity index (χ1) is 18.7. The van der Waals surface area contributed by atoms with E-state index >= 15 is 0 Å². The molecule has 8 heteroatoms. The lowest BCUT2D eigenvalue weighted by atomic mass is 10.2. The monoisotopic (exact) mass is 507 g/mol. The summed E-state index contributed by atoms with van der Waals surface area (Å²) in [6.07, 6.45) is 5.89. The molecule has 0 bridgehead atoms. The minimum absolute atomic E-state index is 0.102. The number of rotatable bonds is 11. The molecular weight excluding hydrogens is 478 g/mol. The Hall–Kier alpha value is -4.56. The fraction of sp³-hybridized carbons (Fsp3) is 0.200. The summed E-state index contributed by atoms with van der Waals surface area (Å²) in [6, 6.07) is 23.2. The lowest BCUT2D eigenvalue weighted by molar-refractivity contribution is 0.293. The van der Waals surface area contributed by atoms with Crippen molar-refractivity contribution in [2.45, 2.75) is 13.3 Å². The largest absolute Gasteiger partial charge is 0.494 e. The number of para-hydroxylation sites is 1. The Labute approximate surface area is 221 Å². The van der Waals surface area contributed by atoms with E-state index in [1.54, 1.807) is 24.7 Å². The molecule has 1 N–H and O–H groups in total. The number of benzene rings is 2. The number of aromatic nitrogens is 4. The average molecular weight is 508 g/mol. The number of hydrogen-bond donors (Lipinski definition) is 1. The van der Waals surface area contributed by atoms with Gasteiger partial charge in [-0.1, -0.05) is 18.2 Å². The van der Waals surface area contributed by atoms with Gasteiger partial charge >= 0.3 is 0 Å². The van der Waals surface area contributed by atoms with Crippen LogP contribution in [-0.2, 0) is 0 Å². The topological polar surface area (TPSA) is 93.5 Å². The van der Waals surface area contributed by atoms with Crippen LogP contribution in [-0.4, -0.2) is 51.3 Å². The van der Waals surface area contributed by atoms with Gasteiger partial charge in [0.05, 0.1) is 18.7 Å². The van der Waals surface area contributed by atoms with Crippen LogP contribution in [0.1, 0.15) is 12.1 Å². The molecule has 0 saturated heterocycles. The fourth-order valence-corrected chi connectivity index (χ4v) is 4.18. The van der Waals surface area contributed by atoms with E-state index in [-0.39, 0.29) is 6.61 Å². The van der Waals surface area contributed by atoms with Crippen molar-refractivity contribution in [3.63, 3.8) is 0 Å². The number of fused-ring (bicyclic) bond motifs is 1. The van der Waals surface area contributed by atoms with Gasteiger partial charge in [0.25, 0.3) is 0 Å². The summed E-state index contributed by atoms with van der Waals surface area (Å²) in [7, 11) is 0. The molecule has 0 aliphatic carbocycles. The highest BCUT2D eigenvalue weighted by Crippen LogP contribution is 2.35. The third kappa shape index (κ3) is 6.04. The molecule has 0 atom stereocenters. The molecule has 2 aromatic carbocycles. The first-order valence-electron chi connectivity index (χ1n) is 12.6. The zero-order chi connectivity index (χ0) is 26.2. The van der Waals surface area contributed by atoms with Crippen molar-refractivity contribution in [3.8, 4) is 28.8 Å². The van der Waals surface area contributed by atoms with Crippen molar-refractivity contribution in [2.24, 2.45) is 0 Å². The Kier molecular flexibility index (Phi) is 8.01. The van der Waals surface area contributed by atoms with E-state index in [1.807, 2.05) is 73.7 Å². The van der Waals surface area contributed by atoms with Gasteiger partial charge in [-0.25, -0.2) is 15.0 Å². The number of nitrogens with zero attached hydrogens (tertiary/aromatic N) is 5. The molecule has 0 aliphatic heterocycles. The van der Waals surface area contributed by atoms with Crippen molar-refractivity contribution in [3.05, 3.63) is 97.1 Å². The maximum atomic E-state index is 9.46. The summed E-state index contributed by atoms with van der Waals surface area (Å²) in [6.45, 7) is 3.92. The van der Waals surface area contributed by atoms with Crippen molar-refractivity contribution in [1.29, 1.82) is 0 Å². The van der Waals surface area contributed by atoms with Crippen molar-refractivity contribution in [1.82, 2.24) is 19.9 Å². The Bertz CT molecular complexity index is 1480. The van der Waals surface area contributed by atoms with Gasteiger partial charge < -0.3 is 19.5 Å². The number of aliphatic hydroxyl groups excluding tert-OH is 1. The van der Waals surface area contributed by atoms with Gasteiger partial charge in [-0.2, -0.15) is 0 Å². The van der Waals surface area contributed by atoms with Gasteiger partial charge in [-0.3, -0.25) is 4.98 Å². The standard InChI is InChI=1S/C30H29N5O3/c1-22-9-12-28(29(34-22)30-32-14-5-15-33-30)38-27-13-16-31-26-11-10-24(21-25(26)27)37-20-6-17-35(18-19-36)23-7-3-2-4-8-23/h2-5,7-16,21,36H,6,17-20H2,1H3. The van der Waals surface area contributed by atoms with E-state index in [2.05, 4.69) is 24.8 Å². The molecule has 0 saturated carbocycles. The number of aliphatic hydroxyl groups is 1. The molecule has 3 aromatic heterocycles. The number of anilines is 1. The van der Waals surface area contributed by atoms with Crippen LogP contribution in [0.4, 0.5) is 5.69 Å². The predicted molar refractivity (Wildman–Crippen MR) is 148 cm³/mol. The second-order valence-corrected chi connectivity index (χ2v) is 8.71. The maximum Gasteiger partial charge on any atom is 0.181 e. The van der Waals surface area contributed by atoms with E-state index < -0.39 is 0 Å². The van der Waals surface area contributed by atoms with Gasteiger partial charge in [-0.05, 0) is 67.9 Å². The molecule has 38 heavy (non-hydrogen) atoms. The Morgan fingerprint density at radius 3 is 2.47 bits per heavy atom. The Morgan fingerprint density at radius 2 is 1.66 bits per heavy atom. The van der Waals surface area contributed by atoms with Crippen LogP contribution in [0, 0.1) is 6.92 Å². The number of pyridine rings is 2. The summed E-state index contributed by atoms with van der Waals surface area (Å²) in [5.74, 6) is 2.43. The van der Waals surface area contributed by atoms with Crippen LogP contribution in [0.5, 0.6) is 17.2 Å². The highest BCUT2D eigenvalue weighted by Gasteiger charge is 2.14. The van der Waals surface area contributed by atoms with Gasteiger partial charge in [0.2, 0.25) is 0 Å². The van der Waals surface area contributed by atoms with Gasteiger partial charge in [-0.15, -0.1) is 0 Å². The van der Waals surface area contributed by atoms with Gasteiger partial charge in [0, 0.05) is 48.4 Å². The van der Waals surface area contributed by atoms with Gasteiger partial charge in [0.15, 0.2) is 17.3 Å². The summed E-state index contributed by atoms with van der Waals surface area (Å²) >= 11 is 0. The summed E-state index contributed by atoms with van der Waals surface area (Å²) in [5.41, 5.74) is 3.31. The average Bonchev–Trinajstić information content (AvgIpc) is 2.96. The Balaban J connectivity index is 1.31. The second kappa shape index (κ2) is 12.1. The van der Waals surface area contributed by atoms with E-state index in [4.69, 9.17) is 9.47 Å². The molecule has 5 rings (SSSR count). The molecule has 0 aliphatic rings. The smallest absolute Gasteiger partial charge is 0.181 e. The number of hydrogen-bond acceptors (Lipinski definition) is 8. The van der Waals surface area contributed by atoms with Crippen LogP contribution in [0.2, 0.25) is 0 Å². The molecule has 8 nitrogen and oxygen atoms in total. The van der Waals surface area contributed by atoms with Crippen molar-refractivity contribution < 1.29 is 14.6 Å². The second-order valence-electron chi connectivity index (χ2n) is 8.71. The predicted octanol–water partition coefficient (Wildman–Crippen LogP) is 5.46. The molecule has 0 unspecified atom stereocenters. The molecule has 3 heterocycles. The molecule has 0 spiro atoms. The van der Waals surface area contributed by atoms with E-state index in [1.165, 1.54) is 0 Å². The summed E-state index contributed by atoms with van der Waals surface area (Å²) in [4.78, 5) is 20.0. The van der Waals surface area contributed by atoms with Crippen molar-refractivity contribution in [2.75, 3.05) is 31.2 Å². The fourth-order valence-electron chi connectivity index (χ4n) is 4.18. The highest BCUT2D eigenvalue weighted by atomic mass is 16.5. The molecule has 0 fully saturated rings. The van der Waals surface area contributed by atoms with Crippen LogP contribution in [0.3, 0.4) is 0 Å². The summed E-state index contributed by atoms with van der Waals surface area (Å²) in [5, 5.41) is 10.3. The SMILES string of the molecule is Cc1ccc(Oc2ccnc3ccc(OCCCN(CCO)c4ccccc4)cc23)c(-c2ncccn2)n1. The third-order valence-corrected chi connectivity index (χ3v) is 6.00. The lowest BCUT2D eigenvalue weighted by Crippen LogP contribution is -2.28. The number of aryl methyl sites for hydroxylation is 1. The zero-order valence-corrected chi connectivity index (χ0v) is 21.2. The van der Waals surface area contributed by atoms with Gasteiger partial charge in [0.1, 0.15) is 11.5 Å². The van der Waals surface area contributed by atoms with Crippen LogP contribution >= 0.6 is 0 Å². The summed E-state index contributed by atoms with van der Waals surface area (Å²) < 4.78 is 12.4. The van der Waals surface area contributed by atoms with E-state index in [0.717, 1.165) is 41.0 Å². The van der Waals surface area contributed by atoms with Crippen LogP contribution < -0.4 is 14.4 Å². The minimum Gasteiger partial charge on any atom is -0.494 e. The zero-order valence-electron chi connectivity index (χ0n) is 21.2. The first-order valence-corrected chi connectivity index (χ1v) is 12.6. The van der Waals surface area contributed by atoms with E-state index in [0.29, 0.717) is 36.2 Å². The third-order valence-electron chi connectivity index (χ3n) is 6.00. The van der Waals surface area contributed by atoms with Crippen LogP contribution in [0.25, 0.3) is 22.4 Å². The maximum absolute atomic E-state index is 9.46. The molecule has 192 valence electrons. The first kappa shape index (κ1) is 25.1. The van der Waals surface area contributed by atoms with Crippen LogP contribution in [0.15, 0.2) is 91.4 Å². The van der Waals surface area contributed by atoms with E-state index in [9.17, 15) is 5.11 Å². The minimum atomic E-state index is 0.102. The number of ether oxygens (including phenoxy) is 2. The highest BCUT2D eigenvalue weighted by molar-refractivity contribution is 5.86. The Morgan fingerprint density at radius 1 is 0.816 bits per heavy atom. The molecule has 5 aromatic rings. The van der Waals surface area contributed by atoms with Crippen molar-refractivity contribution >= 4 is 16.6 Å². The normalized spacial score (nSPS) is 10.9. The molecular formula is C30H29N5O3. The lowest BCUT2D eigenvalue weighted by Gasteiger charge is -2.24. The quantitative estimate of drug-likeness (QED) is 0.236.